The maximum Gasteiger partial charge on any atom is 0.416 e. The van der Waals surface area contributed by atoms with Gasteiger partial charge in [0.1, 0.15) is 12.4 Å². The fourth-order valence-electron chi connectivity index (χ4n) is 3.22. The van der Waals surface area contributed by atoms with Crippen molar-refractivity contribution in [3.05, 3.63) is 60.2 Å². The van der Waals surface area contributed by atoms with Gasteiger partial charge in [0.2, 0.25) is 15.9 Å². The zero-order valence-electron chi connectivity index (χ0n) is 17.2. The first kappa shape index (κ1) is 24.0. The third-order valence-corrected chi connectivity index (χ3v) is 6.43. The van der Waals surface area contributed by atoms with Gasteiger partial charge >= 0.3 is 6.18 Å². The van der Waals surface area contributed by atoms with E-state index in [1.54, 1.807) is 0 Å². The van der Waals surface area contributed by atoms with E-state index in [1.807, 2.05) is 30.3 Å². The minimum Gasteiger partial charge on any atom is -0.492 e. The van der Waals surface area contributed by atoms with Crippen molar-refractivity contribution in [2.75, 3.05) is 45.9 Å². The summed E-state index contributed by atoms with van der Waals surface area (Å²) in [5.41, 5.74) is -1.07. The van der Waals surface area contributed by atoms with Crippen molar-refractivity contribution < 1.29 is 31.1 Å². The Bertz CT molecular complexity index is 1010. The number of piperazine rings is 1. The third-order valence-electron chi connectivity index (χ3n) is 5.03. The van der Waals surface area contributed by atoms with Crippen LogP contribution in [0.5, 0.6) is 5.75 Å². The third kappa shape index (κ3) is 6.68. The molecule has 174 valence electrons. The Morgan fingerprint density at radius 3 is 2.34 bits per heavy atom. The molecule has 0 unspecified atom stereocenters. The molecule has 2 aromatic rings. The molecule has 1 N–H and O–H groups in total. The minimum absolute atomic E-state index is 0.426. The lowest BCUT2D eigenvalue weighted by Crippen LogP contribution is -2.51. The van der Waals surface area contributed by atoms with Gasteiger partial charge in [-0.2, -0.15) is 13.2 Å². The number of rotatable bonds is 8. The van der Waals surface area contributed by atoms with Crippen molar-refractivity contribution in [3.63, 3.8) is 0 Å². The molecule has 0 aliphatic carbocycles. The number of carbonyl (C=O) groups excluding carboxylic acids is 1. The van der Waals surface area contributed by atoms with E-state index in [9.17, 15) is 26.4 Å². The number of alkyl halides is 3. The summed E-state index contributed by atoms with van der Waals surface area (Å²) in [5.74, 6) is 0.357. The lowest BCUT2D eigenvalue weighted by Gasteiger charge is -2.34. The molecule has 1 amide bonds. The quantitative estimate of drug-likeness (QED) is 0.639. The molecule has 0 aromatic heterocycles. The van der Waals surface area contributed by atoms with Crippen LogP contribution < -0.4 is 9.46 Å². The van der Waals surface area contributed by atoms with Gasteiger partial charge in [-0.1, -0.05) is 24.3 Å². The predicted molar refractivity (Wildman–Crippen MR) is 112 cm³/mol. The lowest BCUT2D eigenvalue weighted by atomic mass is 10.2. The molecule has 3 rings (SSSR count). The number of hydrogen-bond donors (Lipinski definition) is 1. The van der Waals surface area contributed by atoms with Gasteiger partial charge in [-0.05, 0) is 30.3 Å². The Morgan fingerprint density at radius 2 is 1.69 bits per heavy atom. The van der Waals surface area contributed by atoms with Crippen LogP contribution in [0.1, 0.15) is 5.56 Å². The van der Waals surface area contributed by atoms with E-state index in [2.05, 4.69) is 9.62 Å². The Kier molecular flexibility index (Phi) is 7.75. The van der Waals surface area contributed by atoms with Gasteiger partial charge in [0.25, 0.3) is 0 Å². The molecular weight excluding hydrogens is 447 g/mol. The van der Waals surface area contributed by atoms with Crippen LogP contribution in [0.15, 0.2) is 59.5 Å². The van der Waals surface area contributed by atoms with Gasteiger partial charge in [-0.15, -0.1) is 0 Å². The summed E-state index contributed by atoms with van der Waals surface area (Å²) >= 11 is 0. The van der Waals surface area contributed by atoms with Crippen LogP contribution in [0, 0.1) is 0 Å². The van der Waals surface area contributed by atoms with E-state index < -0.39 is 39.1 Å². The molecule has 0 radical (unpaired) electrons. The summed E-state index contributed by atoms with van der Waals surface area (Å²) in [7, 11) is -4.25. The molecule has 1 heterocycles. The number of hydrogen-bond acceptors (Lipinski definition) is 5. The average molecular weight is 472 g/mol. The van der Waals surface area contributed by atoms with E-state index in [0.717, 1.165) is 23.9 Å². The summed E-state index contributed by atoms with van der Waals surface area (Å²) < 4.78 is 70.8. The molecule has 0 atom stereocenters. The highest BCUT2D eigenvalue weighted by Gasteiger charge is 2.32. The number of nitrogens with zero attached hydrogens (tertiary/aromatic N) is 2. The molecule has 2 aromatic carbocycles. The Morgan fingerprint density at radius 1 is 1.00 bits per heavy atom. The molecule has 0 saturated carbocycles. The van der Waals surface area contributed by atoms with Gasteiger partial charge in [-0.3, -0.25) is 9.69 Å². The van der Waals surface area contributed by atoms with Crippen molar-refractivity contribution in [2.24, 2.45) is 0 Å². The van der Waals surface area contributed by atoms with Crippen molar-refractivity contribution >= 4 is 15.9 Å². The maximum atomic E-state index is 12.8. The van der Waals surface area contributed by atoms with Gasteiger partial charge in [0.05, 0.1) is 17.0 Å². The monoisotopic (exact) mass is 471 g/mol. The number of halogens is 3. The lowest BCUT2D eigenvalue weighted by molar-refractivity contribution is -0.137. The van der Waals surface area contributed by atoms with Crippen LogP contribution in [0.25, 0.3) is 0 Å². The van der Waals surface area contributed by atoms with E-state index >= 15 is 0 Å². The van der Waals surface area contributed by atoms with Gasteiger partial charge in [0, 0.05) is 32.7 Å². The predicted octanol–water partition coefficient (Wildman–Crippen LogP) is 2.21. The van der Waals surface area contributed by atoms with Crippen LogP contribution in [0.3, 0.4) is 0 Å². The van der Waals surface area contributed by atoms with Crippen molar-refractivity contribution in [3.8, 4) is 5.75 Å². The second-order valence-corrected chi connectivity index (χ2v) is 9.00. The van der Waals surface area contributed by atoms with E-state index in [-0.39, 0.29) is 0 Å². The number of para-hydroxylation sites is 1. The summed E-state index contributed by atoms with van der Waals surface area (Å²) in [4.78, 5) is 15.5. The first-order valence-corrected chi connectivity index (χ1v) is 11.5. The molecule has 1 aliphatic rings. The van der Waals surface area contributed by atoms with E-state index in [0.29, 0.717) is 45.4 Å². The molecule has 1 fully saturated rings. The Balaban J connectivity index is 1.44. The number of carbonyl (C=O) groups is 1. The van der Waals surface area contributed by atoms with Crippen LogP contribution in [-0.4, -0.2) is 70.0 Å². The Hall–Kier alpha value is -2.63. The average Bonchev–Trinajstić information content (AvgIpc) is 2.78. The topological polar surface area (TPSA) is 79.0 Å². The Labute approximate surface area is 184 Å². The highest BCUT2D eigenvalue weighted by Crippen LogP contribution is 2.30. The summed E-state index contributed by atoms with van der Waals surface area (Å²) in [6.45, 7) is 2.77. The molecule has 11 heteroatoms. The maximum absolute atomic E-state index is 12.8. The van der Waals surface area contributed by atoms with Crippen LogP contribution in [-0.2, 0) is 21.0 Å². The van der Waals surface area contributed by atoms with Crippen molar-refractivity contribution in [1.29, 1.82) is 0 Å². The number of benzene rings is 2. The minimum atomic E-state index is -4.66. The second-order valence-electron chi connectivity index (χ2n) is 7.23. The molecule has 7 nitrogen and oxygen atoms in total. The van der Waals surface area contributed by atoms with Gasteiger partial charge < -0.3 is 9.64 Å². The van der Waals surface area contributed by atoms with Crippen LogP contribution in [0.4, 0.5) is 13.2 Å². The van der Waals surface area contributed by atoms with Crippen LogP contribution >= 0.6 is 0 Å². The first-order chi connectivity index (χ1) is 15.1. The first-order valence-electron chi connectivity index (χ1n) is 10.00. The number of amides is 1. The second kappa shape index (κ2) is 10.3. The smallest absolute Gasteiger partial charge is 0.416 e. The molecular formula is C21H24F3N3O4S. The normalized spacial score (nSPS) is 15.5. The molecule has 0 spiro atoms. The van der Waals surface area contributed by atoms with Crippen molar-refractivity contribution in [2.45, 2.75) is 11.1 Å². The highest BCUT2D eigenvalue weighted by atomic mass is 32.2. The van der Waals surface area contributed by atoms with Crippen LogP contribution in [0.2, 0.25) is 0 Å². The standard InChI is InChI=1S/C21H24F3N3O4S/c22-21(23,24)17-5-4-8-19(15-17)32(29,30)25-16-20(28)27-11-9-26(10-12-27)13-14-31-18-6-2-1-3-7-18/h1-8,15,25H,9-14,16H2. The number of nitrogens with one attached hydrogen (secondary N) is 1. The number of ether oxygens (including phenoxy) is 1. The fourth-order valence-corrected chi connectivity index (χ4v) is 4.24. The summed E-state index contributed by atoms with van der Waals surface area (Å²) in [6.07, 6.45) is -4.66. The largest absolute Gasteiger partial charge is 0.492 e. The van der Waals surface area contributed by atoms with E-state index in [4.69, 9.17) is 4.74 Å². The molecule has 1 aliphatic heterocycles. The zero-order valence-corrected chi connectivity index (χ0v) is 18.0. The molecule has 0 bridgehead atoms. The summed E-state index contributed by atoms with van der Waals surface area (Å²) in [6, 6.07) is 12.8. The fraction of sp³-hybridized carbons (Fsp3) is 0.381. The molecule has 1 saturated heterocycles. The van der Waals surface area contributed by atoms with Gasteiger partial charge in [0.15, 0.2) is 0 Å². The summed E-state index contributed by atoms with van der Waals surface area (Å²) in [5, 5.41) is 0. The highest BCUT2D eigenvalue weighted by molar-refractivity contribution is 7.89. The molecule has 32 heavy (non-hydrogen) atoms. The van der Waals surface area contributed by atoms with Crippen molar-refractivity contribution in [1.82, 2.24) is 14.5 Å². The van der Waals surface area contributed by atoms with E-state index in [1.165, 1.54) is 4.90 Å². The zero-order chi connectivity index (χ0) is 23.2. The van der Waals surface area contributed by atoms with Gasteiger partial charge in [-0.25, -0.2) is 13.1 Å². The number of sulfonamides is 1. The SMILES string of the molecule is O=C(CNS(=O)(=O)c1cccc(C(F)(F)F)c1)N1CCN(CCOc2ccccc2)CC1.